The molecule has 0 saturated heterocycles. The van der Waals surface area contributed by atoms with Crippen LogP contribution in [0.1, 0.15) is 25.7 Å². The van der Waals surface area contributed by atoms with Crippen molar-refractivity contribution in [3.05, 3.63) is 0 Å². The zero-order valence-corrected chi connectivity index (χ0v) is 14.7. The van der Waals surface area contributed by atoms with Crippen LogP contribution in [0.5, 0.6) is 0 Å². The van der Waals surface area contributed by atoms with Crippen LogP contribution in [0.4, 0.5) is 0 Å². The Morgan fingerprint density at radius 1 is 0.500 bits per heavy atom. The third-order valence-corrected chi connectivity index (χ3v) is 10.4. The Hall–Kier alpha value is -0.446. The lowest BCUT2D eigenvalue weighted by Gasteiger charge is -2.20. The molecular weight excluding hydrogens is 248 g/mol. The Morgan fingerprint density at radius 3 is 0.944 bits per heavy atom. The van der Waals surface area contributed by atoms with Crippen molar-refractivity contribution in [2.24, 2.45) is 0 Å². The summed E-state index contributed by atoms with van der Waals surface area (Å²) in [6, 6.07) is 5.40. The van der Waals surface area contributed by atoms with Crippen LogP contribution in [-0.4, -0.2) is 16.1 Å². The second-order valence-electron chi connectivity index (χ2n) is 7.04. The van der Waals surface area contributed by atoms with E-state index in [-0.39, 0.29) is 0 Å². The van der Waals surface area contributed by atoms with E-state index in [0.717, 1.165) is 25.7 Å². The third kappa shape index (κ3) is 7.09. The summed E-state index contributed by atoms with van der Waals surface area (Å²) in [5, 5.41) is 0. The monoisotopic (exact) mass is 276 g/mol. The standard InChI is InChI=1S/C16H28Si2/c1-17(2)13-9-5-7-11-15-18(3,4)16-12-8-6-10-14-17/h9-16H2,1-4H3. The predicted molar refractivity (Wildman–Crippen MR) is 88.2 cm³/mol. The van der Waals surface area contributed by atoms with Crippen molar-refractivity contribution in [2.45, 2.75) is 76.0 Å². The van der Waals surface area contributed by atoms with E-state index < -0.39 is 16.1 Å². The minimum atomic E-state index is -1.02. The van der Waals surface area contributed by atoms with E-state index >= 15 is 0 Å². The van der Waals surface area contributed by atoms with Crippen molar-refractivity contribution >= 4 is 16.1 Å². The van der Waals surface area contributed by atoms with E-state index in [1.807, 2.05) is 0 Å². The van der Waals surface area contributed by atoms with Gasteiger partial charge in [0.15, 0.2) is 0 Å². The van der Waals surface area contributed by atoms with Crippen LogP contribution in [0.2, 0.25) is 50.4 Å². The summed E-state index contributed by atoms with van der Waals surface area (Å²) in [6.07, 6.45) is 4.48. The fourth-order valence-electron chi connectivity index (χ4n) is 2.21. The first kappa shape index (κ1) is 15.6. The molecule has 1 heterocycles. The summed E-state index contributed by atoms with van der Waals surface area (Å²) in [4.78, 5) is 0. The highest BCUT2D eigenvalue weighted by molar-refractivity contribution is 6.77. The van der Waals surface area contributed by atoms with E-state index in [0.29, 0.717) is 0 Å². The number of rotatable bonds is 0. The quantitative estimate of drug-likeness (QED) is 0.432. The molecule has 0 atom stereocenters. The molecule has 0 spiro atoms. The smallest absolute Gasteiger partial charge is 0.0492 e. The molecule has 0 nitrogen and oxygen atoms in total. The molecule has 0 unspecified atom stereocenters. The maximum atomic E-state index is 3.40. The molecule has 0 radical (unpaired) electrons. The molecule has 2 heteroatoms. The van der Waals surface area contributed by atoms with Gasteiger partial charge in [-0.1, -0.05) is 26.2 Å². The summed E-state index contributed by atoms with van der Waals surface area (Å²) in [7, 11) is -2.04. The number of hydrogen-bond acceptors (Lipinski definition) is 0. The SMILES string of the molecule is C[Si]1(C)CCC#CCC[Si](C)(C)CCC#CCC1. The lowest BCUT2D eigenvalue weighted by Crippen LogP contribution is -2.24. The summed E-state index contributed by atoms with van der Waals surface area (Å²) < 4.78 is 0. The molecule has 0 aromatic heterocycles. The molecule has 1 aliphatic rings. The van der Waals surface area contributed by atoms with Gasteiger partial charge in [-0.15, -0.1) is 23.7 Å². The predicted octanol–water partition coefficient (Wildman–Crippen LogP) is 4.98. The fourth-order valence-corrected chi connectivity index (χ4v) is 5.91. The van der Waals surface area contributed by atoms with Gasteiger partial charge in [0.2, 0.25) is 0 Å². The highest BCUT2D eigenvalue weighted by atomic mass is 28.3. The molecule has 0 aromatic carbocycles. The zero-order valence-electron chi connectivity index (χ0n) is 12.7. The van der Waals surface area contributed by atoms with Crippen molar-refractivity contribution in [3.63, 3.8) is 0 Å². The topological polar surface area (TPSA) is 0 Å². The van der Waals surface area contributed by atoms with E-state index in [1.165, 1.54) is 24.2 Å². The van der Waals surface area contributed by atoms with Gasteiger partial charge in [0, 0.05) is 41.8 Å². The minimum Gasteiger partial charge on any atom is -0.104 e. The summed E-state index contributed by atoms with van der Waals surface area (Å²) in [6.45, 7) is 9.94. The second-order valence-corrected chi connectivity index (χ2v) is 17.7. The fraction of sp³-hybridized carbons (Fsp3) is 0.750. The van der Waals surface area contributed by atoms with Gasteiger partial charge in [-0.25, -0.2) is 0 Å². The van der Waals surface area contributed by atoms with Gasteiger partial charge in [-0.2, -0.15) is 0 Å². The van der Waals surface area contributed by atoms with Crippen molar-refractivity contribution in [1.82, 2.24) is 0 Å². The van der Waals surface area contributed by atoms with E-state index in [2.05, 4.69) is 49.9 Å². The molecule has 0 saturated carbocycles. The third-order valence-electron chi connectivity index (χ3n) is 3.96. The molecule has 100 valence electrons. The molecule has 18 heavy (non-hydrogen) atoms. The Balaban J connectivity index is 2.59. The first-order valence-corrected chi connectivity index (χ1v) is 14.2. The summed E-state index contributed by atoms with van der Waals surface area (Å²) in [5.74, 6) is 13.6. The van der Waals surface area contributed by atoms with Gasteiger partial charge >= 0.3 is 0 Å². The van der Waals surface area contributed by atoms with E-state index in [9.17, 15) is 0 Å². The largest absolute Gasteiger partial charge is 0.104 e. The van der Waals surface area contributed by atoms with Gasteiger partial charge in [0.1, 0.15) is 0 Å². The van der Waals surface area contributed by atoms with Crippen LogP contribution in [-0.2, 0) is 0 Å². The highest BCUT2D eigenvalue weighted by Crippen LogP contribution is 2.21. The molecule has 1 rings (SSSR count). The molecule has 0 aromatic rings. The minimum absolute atomic E-state index is 1.02. The average Bonchev–Trinajstić information content (AvgIpc) is 2.27. The molecule has 0 N–H and O–H groups in total. The Labute approximate surface area is 116 Å². The van der Waals surface area contributed by atoms with Crippen molar-refractivity contribution in [2.75, 3.05) is 0 Å². The average molecular weight is 277 g/mol. The molecule has 0 bridgehead atoms. The zero-order chi connectivity index (χ0) is 13.5. The first-order chi connectivity index (χ1) is 8.41. The van der Waals surface area contributed by atoms with Gasteiger partial charge < -0.3 is 0 Å². The molecule has 0 fully saturated rings. The number of hydrogen-bond donors (Lipinski definition) is 0. The van der Waals surface area contributed by atoms with Crippen LogP contribution in [0, 0.1) is 23.7 Å². The maximum Gasteiger partial charge on any atom is 0.0492 e. The van der Waals surface area contributed by atoms with Gasteiger partial charge in [0.05, 0.1) is 0 Å². The Kier molecular flexibility index (Phi) is 6.26. The van der Waals surface area contributed by atoms with Gasteiger partial charge in [0.25, 0.3) is 0 Å². The van der Waals surface area contributed by atoms with Crippen LogP contribution < -0.4 is 0 Å². The van der Waals surface area contributed by atoms with Crippen molar-refractivity contribution in [3.8, 4) is 23.7 Å². The second kappa shape index (κ2) is 7.22. The van der Waals surface area contributed by atoms with Gasteiger partial charge in [-0.3, -0.25) is 0 Å². The van der Waals surface area contributed by atoms with E-state index in [1.54, 1.807) is 0 Å². The van der Waals surface area contributed by atoms with Crippen LogP contribution in [0.25, 0.3) is 0 Å². The van der Waals surface area contributed by atoms with Crippen molar-refractivity contribution < 1.29 is 0 Å². The highest BCUT2D eigenvalue weighted by Gasteiger charge is 2.20. The van der Waals surface area contributed by atoms with E-state index in [4.69, 9.17) is 0 Å². The lowest BCUT2D eigenvalue weighted by atomic mass is 10.4. The maximum absolute atomic E-state index is 3.40. The molecule has 0 aliphatic carbocycles. The molecule has 0 amide bonds. The summed E-state index contributed by atoms with van der Waals surface area (Å²) >= 11 is 0. The lowest BCUT2D eigenvalue weighted by molar-refractivity contribution is 1.08. The Bertz CT molecular complexity index is 305. The molecular formula is C16H28Si2. The Morgan fingerprint density at radius 2 is 0.722 bits per heavy atom. The van der Waals surface area contributed by atoms with Gasteiger partial charge in [-0.05, 0) is 24.2 Å². The first-order valence-electron chi connectivity index (χ1n) is 7.33. The summed E-state index contributed by atoms with van der Waals surface area (Å²) in [5.41, 5.74) is 0. The normalized spacial score (nSPS) is 23.8. The van der Waals surface area contributed by atoms with Crippen LogP contribution in [0.3, 0.4) is 0 Å². The molecule has 1 aliphatic heterocycles. The van der Waals surface area contributed by atoms with Crippen molar-refractivity contribution in [1.29, 1.82) is 0 Å². The van der Waals surface area contributed by atoms with Crippen LogP contribution in [0.15, 0.2) is 0 Å². The van der Waals surface area contributed by atoms with Crippen LogP contribution >= 0.6 is 0 Å².